The third kappa shape index (κ3) is 4.23. The van der Waals surface area contributed by atoms with Gasteiger partial charge in [0.15, 0.2) is 11.5 Å². The van der Waals surface area contributed by atoms with Crippen LogP contribution in [0, 0.1) is 0 Å². The van der Waals surface area contributed by atoms with E-state index in [2.05, 4.69) is 25.6 Å². The number of amides is 2. The largest absolute Gasteiger partial charge is 0.368 e. The SMILES string of the molecule is CC[C@@H](Nc1cnc(C(N)=O)c(Nc2ccc(-n3ccnc3)cc2)n1)C(N)=O. The molecule has 0 unspecified atom stereocenters. The molecule has 10 heteroatoms. The number of primary amides is 2. The smallest absolute Gasteiger partial charge is 0.271 e. The Hall–Kier alpha value is -3.95. The summed E-state index contributed by atoms with van der Waals surface area (Å²) in [6.45, 7) is 1.81. The number of nitrogens with one attached hydrogen (secondary N) is 2. The first-order valence-corrected chi connectivity index (χ1v) is 8.56. The van der Waals surface area contributed by atoms with Crippen LogP contribution in [0.25, 0.3) is 5.69 Å². The van der Waals surface area contributed by atoms with Crippen LogP contribution in [0.15, 0.2) is 49.2 Å². The number of aromatic nitrogens is 4. The lowest BCUT2D eigenvalue weighted by molar-refractivity contribution is -0.118. The van der Waals surface area contributed by atoms with Gasteiger partial charge in [-0.2, -0.15) is 0 Å². The number of hydrogen-bond acceptors (Lipinski definition) is 7. The molecule has 0 spiro atoms. The summed E-state index contributed by atoms with van der Waals surface area (Å²) in [6.07, 6.45) is 7.02. The number of nitrogens with two attached hydrogens (primary N) is 2. The van der Waals surface area contributed by atoms with E-state index in [1.165, 1.54) is 6.20 Å². The van der Waals surface area contributed by atoms with Gasteiger partial charge in [0.25, 0.3) is 5.91 Å². The average molecular weight is 380 g/mol. The maximum atomic E-state index is 11.7. The maximum absolute atomic E-state index is 11.7. The highest BCUT2D eigenvalue weighted by atomic mass is 16.1. The molecule has 0 fully saturated rings. The van der Waals surface area contributed by atoms with E-state index in [4.69, 9.17) is 11.5 Å². The molecule has 1 atom stereocenters. The summed E-state index contributed by atoms with van der Waals surface area (Å²) in [6, 6.07) is 6.80. The van der Waals surface area contributed by atoms with E-state index < -0.39 is 17.9 Å². The lowest BCUT2D eigenvalue weighted by Crippen LogP contribution is -2.35. The molecule has 28 heavy (non-hydrogen) atoms. The lowest BCUT2D eigenvalue weighted by atomic mass is 10.2. The zero-order valence-corrected chi connectivity index (χ0v) is 15.2. The minimum Gasteiger partial charge on any atom is -0.368 e. The molecular formula is C18H20N8O2. The summed E-state index contributed by atoms with van der Waals surface area (Å²) in [5.41, 5.74) is 12.3. The summed E-state index contributed by atoms with van der Waals surface area (Å²) in [7, 11) is 0. The van der Waals surface area contributed by atoms with Gasteiger partial charge >= 0.3 is 0 Å². The topological polar surface area (TPSA) is 154 Å². The Kier molecular flexibility index (Phi) is 5.49. The zero-order chi connectivity index (χ0) is 20.1. The van der Waals surface area contributed by atoms with E-state index in [-0.39, 0.29) is 11.5 Å². The second kappa shape index (κ2) is 8.16. The fourth-order valence-corrected chi connectivity index (χ4v) is 2.54. The van der Waals surface area contributed by atoms with Crippen LogP contribution in [0.3, 0.4) is 0 Å². The molecule has 0 aliphatic heterocycles. The van der Waals surface area contributed by atoms with Gasteiger partial charge < -0.3 is 26.7 Å². The first-order chi connectivity index (χ1) is 13.5. The van der Waals surface area contributed by atoms with Crippen LogP contribution in [0.2, 0.25) is 0 Å². The molecular weight excluding hydrogens is 360 g/mol. The van der Waals surface area contributed by atoms with Crippen molar-refractivity contribution in [2.75, 3.05) is 10.6 Å². The first-order valence-electron chi connectivity index (χ1n) is 8.56. The number of carbonyl (C=O) groups is 2. The Labute approximate surface area is 161 Å². The highest BCUT2D eigenvalue weighted by Crippen LogP contribution is 2.21. The molecule has 0 saturated carbocycles. The average Bonchev–Trinajstić information content (AvgIpc) is 3.21. The third-order valence-corrected chi connectivity index (χ3v) is 4.01. The fraction of sp³-hybridized carbons (Fsp3) is 0.167. The van der Waals surface area contributed by atoms with Crippen LogP contribution in [0.1, 0.15) is 23.8 Å². The van der Waals surface area contributed by atoms with Crippen LogP contribution in [-0.4, -0.2) is 37.4 Å². The summed E-state index contributed by atoms with van der Waals surface area (Å²) >= 11 is 0. The lowest BCUT2D eigenvalue weighted by Gasteiger charge is -2.16. The first kappa shape index (κ1) is 18.8. The van der Waals surface area contributed by atoms with E-state index in [0.717, 1.165) is 5.69 Å². The van der Waals surface area contributed by atoms with Crippen molar-refractivity contribution in [2.45, 2.75) is 19.4 Å². The van der Waals surface area contributed by atoms with Gasteiger partial charge in [-0.1, -0.05) is 6.92 Å². The van der Waals surface area contributed by atoms with Crippen LogP contribution < -0.4 is 22.1 Å². The summed E-state index contributed by atoms with van der Waals surface area (Å²) in [5, 5.41) is 5.93. The molecule has 3 rings (SSSR count). The van der Waals surface area contributed by atoms with Crippen LogP contribution in [0.5, 0.6) is 0 Å². The number of benzene rings is 1. The molecule has 0 saturated heterocycles. The van der Waals surface area contributed by atoms with Crippen molar-refractivity contribution in [3.63, 3.8) is 0 Å². The summed E-state index contributed by atoms with van der Waals surface area (Å²) in [5.74, 6) is -0.758. The molecule has 3 aromatic rings. The van der Waals surface area contributed by atoms with Gasteiger partial charge in [-0.05, 0) is 30.7 Å². The monoisotopic (exact) mass is 380 g/mol. The molecule has 0 aliphatic carbocycles. The van der Waals surface area contributed by atoms with Crippen LogP contribution in [0.4, 0.5) is 17.3 Å². The molecule has 144 valence electrons. The van der Waals surface area contributed by atoms with Crippen LogP contribution in [-0.2, 0) is 4.79 Å². The molecule has 6 N–H and O–H groups in total. The van der Waals surface area contributed by atoms with Gasteiger partial charge in [-0.3, -0.25) is 9.59 Å². The highest BCUT2D eigenvalue weighted by molar-refractivity contribution is 5.96. The Balaban J connectivity index is 1.85. The Morgan fingerprint density at radius 2 is 1.96 bits per heavy atom. The minimum absolute atomic E-state index is 0.0173. The summed E-state index contributed by atoms with van der Waals surface area (Å²) < 4.78 is 1.86. The second-order valence-corrected chi connectivity index (χ2v) is 5.97. The minimum atomic E-state index is -0.724. The number of imidazole rings is 1. The molecule has 0 bridgehead atoms. The number of nitrogens with zero attached hydrogens (tertiary/aromatic N) is 4. The molecule has 2 amide bonds. The fourth-order valence-electron chi connectivity index (χ4n) is 2.54. The molecule has 0 aliphatic rings. The maximum Gasteiger partial charge on any atom is 0.271 e. The van der Waals surface area contributed by atoms with Gasteiger partial charge in [0, 0.05) is 23.8 Å². The molecule has 0 radical (unpaired) electrons. The van der Waals surface area contributed by atoms with E-state index >= 15 is 0 Å². The number of anilines is 3. The summed E-state index contributed by atoms with van der Waals surface area (Å²) in [4.78, 5) is 35.5. The van der Waals surface area contributed by atoms with Crippen molar-refractivity contribution in [3.05, 3.63) is 54.9 Å². The predicted octanol–water partition coefficient (Wildman–Crippen LogP) is 1.18. The van der Waals surface area contributed by atoms with Gasteiger partial charge in [0.2, 0.25) is 5.91 Å². The molecule has 2 aromatic heterocycles. The normalized spacial score (nSPS) is 11.6. The zero-order valence-electron chi connectivity index (χ0n) is 15.2. The van der Waals surface area contributed by atoms with Crippen molar-refractivity contribution < 1.29 is 9.59 Å². The quantitative estimate of drug-likeness (QED) is 0.457. The Bertz CT molecular complexity index is 970. The van der Waals surface area contributed by atoms with E-state index in [0.29, 0.717) is 17.9 Å². The Morgan fingerprint density at radius 3 is 2.54 bits per heavy atom. The van der Waals surface area contributed by atoms with Gasteiger partial charge in [0.1, 0.15) is 11.9 Å². The van der Waals surface area contributed by atoms with Gasteiger partial charge in [-0.15, -0.1) is 0 Å². The van der Waals surface area contributed by atoms with E-state index in [1.807, 2.05) is 42.0 Å². The number of hydrogen-bond donors (Lipinski definition) is 4. The number of carbonyl (C=O) groups excluding carboxylic acids is 2. The van der Waals surface area contributed by atoms with Crippen molar-refractivity contribution in [2.24, 2.45) is 11.5 Å². The highest BCUT2D eigenvalue weighted by Gasteiger charge is 2.17. The van der Waals surface area contributed by atoms with Gasteiger partial charge in [0.05, 0.1) is 12.5 Å². The second-order valence-electron chi connectivity index (χ2n) is 5.97. The molecule has 10 nitrogen and oxygen atoms in total. The van der Waals surface area contributed by atoms with Crippen LogP contribution >= 0.6 is 0 Å². The predicted molar refractivity (Wildman–Crippen MR) is 104 cm³/mol. The standard InChI is InChI=1S/C18H20N8O2/c1-2-13(16(19)27)24-14-9-22-15(17(20)28)18(25-14)23-11-3-5-12(6-4-11)26-8-7-21-10-26/h3-10,13H,2H2,1H3,(H2,19,27)(H2,20,28)(H2,23,24,25)/t13-/m1/s1. The van der Waals surface area contributed by atoms with Crippen molar-refractivity contribution in [1.29, 1.82) is 0 Å². The van der Waals surface area contributed by atoms with Gasteiger partial charge in [-0.25, -0.2) is 15.0 Å². The Morgan fingerprint density at radius 1 is 1.21 bits per heavy atom. The third-order valence-electron chi connectivity index (χ3n) is 4.01. The molecule has 2 heterocycles. The number of rotatable bonds is 8. The van der Waals surface area contributed by atoms with Crippen molar-refractivity contribution in [3.8, 4) is 5.69 Å². The van der Waals surface area contributed by atoms with Crippen molar-refractivity contribution >= 4 is 29.1 Å². The van der Waals surface area contributed by atoms with E-state index in [9.17, 15) is 9.59 Å². The molecule has 1 aromatic carbocycles. The van der Waals surface area contributed by atoms with E-state index in [1.54, 1.807) is 12.5 Å². The van der Waals surface area contributed by atoms with Crippen molar-refractivity contribution in [1.82, 2.24) is 19.5 Å².